The first kappa shape index (κ1) is 14.0. The van der Waals surface area contributed by atoms with Gasteiger partial charge in [-0.1, -0.05) is 13.8 Å². The van der Waals surface area contributed by atoms with Crippen LogP contribution >= 0.6 is 0 Å². The van der Waals surface area contributed by atoms with E-state index < -0.39 is 0 Å². The summed E-state index contributed by atoms with van der Waals surface area (Å²) in [6, 6.07) is -0.104. The molecule has 0 saturated carbocycles. The Bertz CT molecular complexity index is 266. The van der Waals surface area contributed by atoms with Gasteiger partial charge in [0.1, 0.15) is 0 Å². The first-order valence-corrected chi connectivity index (χ1v) is 6.47. The molecule has 1 fully saturated rings. The first-order chi connectivity index (χ1) is 8.19. The lowest BCUT2D eigenvalue weighted by Crippen LogP contribution is -2.53. The largest absolute Gasteiger partial charge is 0.355 e. The smallest absolute Gasteiger partial charge is 0.240 e. The molecule has 0 aromatic rings. The van der Waals surface area contributed by atoms with Gasteiger partial charge in [0.25, 0.3) is 0 Å². The third kappa shape index (κ3) is 4.34. The summed E-state index contributed by atoms with van der Waals surface area (Å²) in [5, 5.41) is 5.95. The molecular formula is C12H23N3O2. The Morgan fingerprint density at radius 2 is 2.24 bits per heavy atom. The van der Waals surface area contributed by atoms with Crippen LogP contribution < -0.4 is 10.6 Å². The molecule has 5 nitrogen and oxygen atoms in total. The topological polar surface area (TPSA) is 61.4 Å². The van der Waals surface area contributed by atoms with Crippen molar-refractivity contribution in [2.75, 3.05) is 26.2 Å². The zero-order chi connectivity index (χ0) is 12.7. The molecule has 1 rings (SSSR count). The highest BCUT2D eigenvalue weighted by atomic mass is 16.2. The maximum absolute atomic E-state index is 12.0. The summed E-state index contributed by atoms with van der Waals surface area (Å²) >= 11 is 0. The summed E-state index contributed by atoms with van der Waals surface area (Å²) in [4.78, 5) is 25.2. The van der Waals surface area contributed by atoms with Gasteiger partial charge >= 0.3 is 0 Å². The standard InChI is InChI=1S/C12H23N3O2/c1-3-7-14-11(16)9-15-8-5-6-10(12(15)17)13-4-2/h10,13H,3-9H2,1-2H3,(H,14,16). The molecule has 98 valence electrons. The van der Waals surface area contributed by atoms with E-state index in [1.54, 1.807) is 4.90 Å². The Hall–Kier alpha value is -1.10. The molecule has 1 heterocycles. The van der Waals surface area contributed by atoms with Crippen LogP contribution in [0, 0.1) is 0 Å². The number of piperidine rings is 1. The van der Waals surface area contributed by atoms with E-state index in [1.807, 2.05) is 13.8 Å². The van der Waals surface area contributed by atoms with E-state index in [1.165, 1.54) is 0 Å². The predicted molar refractivity (Wildman–Crippen MR) is 66.6 cm³/mol. The van der Waals surface area contributed by atoms with Gasteiger partial charge in [-0.3, -0.25) is 9.59 Å². The van der Waals surface area contributed by atoms with Gasteiger partial charge in [-0.15, -0.1) is 0 Å². The lowest BCUT2D eigenvalue weighted by molar-refractivity contribution is -0.139. The molecule has 1 aliphatic heterocycles. The van der Waals surface area contributed by atoms with Crippen LogP contribution in [0.2, 0.25) is 0 Å². The number of rotatable bonds is 6. The quantitative estimate of drug-likeness (QED) is 0.694. The van der Waals surface area contributed by atoms with Gasteiger partial charge in [0.15, 0.2) is 0 Å². The average Bonchev–Trinajstić information content (AvgIpc) is 2.32. The van der Waals surface area contributed by atoms with Crippen LogP contribution in [0.15, 0.2) is 0 Å². The van der Waals surface area contributed by atoms with Crippen LogP contribution in [0.4, 0.5) is 0 Å². The number of carbonyl (C=O) groups excluding carboxylic acids is 2. The molecule has 0 radical (unpaired) electrons. The lowest BCUT2D eigenvalue weighted by atomic mass is 10.0. The fourth-order valence-electron chi connectivity index (χ4n) is 2.03. The second-order valence-corrected chi connectivity index (χ2v) is 4.36. The first-order valence-electron chi connectivity index (χ1n) is 6.47. The third-order valence-electron chi connectivity index (χ3n) is 2.89. The van der Waals surface area contributed by atoms with Gasteiger partial charge in [-0.05, 0) is 25.8 Å². The molecule has 1 aliphatic rings. The normalized spacial score (nSPS) is 20.5. The van der Waals surface area contributed by atoms with Crippen LogP contribution in [-0.2, 0) is 9.59 Å². The molecule has 0 spiro atoms. The second-order valence-electron chi connectivity index (χ2n) is 4.36. The number of carbonyl (C=O) groups is 2. The van der Waals surface area contributed by atoms with E-state index in [0.717, 1.165) is 25.8 Å². The van der Waals surface area contributed by atoms with Crippen molar-refractivity contribution < 1.29 is 9.59 Å². The van der Waals surface area contributed by atoms with Crippen LogP contribution in [0.1, 0.15) is 33.1 Å². The molecule has 0 bridgehead atoms. The second kappa shape index (κ2) is 7.27. The minimum atomic E-state index is -0.104. The summed E-state index contributed by atoms with van der Waals surface area (Å²) < 4.78 is 0. The summed E-state index contributed by atoms with van der Waals surface area (Å²) in [5.41, 5.74) is 0. The molecule has 1 saturated heterocycles. The van der Waals surface area contributed by atoms with Gasteiger partial charge in [-0.2, -0.15) is 0 Å². The lowest BCUT2D eigenvalue weighted by Gasteiger charge is -2.32. The molecule has 2 amide bonds. The summed E-state index contributed by atoms with van der Waals surface area (Å²) in [6.07, 6.45) is 2.75. The molecule has 0 aromatic carbocycles. The zero-order valence-electron chi connectivity index (χ0n) is 10.8. The van der Waals surface area contributed by atoms with Gasteiger partial charge in [0.05, 0.1) is 12.6 Å². The SMILES string of the molecule is CCCNC(=O)CN1CCCC(NCC)C1=O. The Kier molecular flexibility index (Phi) is 5.97. The highest BCUT2D eigenvalue weighted by Crippen LogP contribution is 2.11. The molecule has 17 heavy (non-hydrogen) atoms. The van der Waals surface area contributed by atoms with Gasteiger partial charge in [0, 0.05) is 13.1 Å². The van der Waals surface area contributed by atoms with Crippen molar-refractivity contribution in [1.82, 2.24) is 15.5 Å². The van der Waals surface area contributed by atoms with Crippen molar-refractivity contribution in [1.29, 1.82) is 0 Å². The monoisotopic (exact) mass is 241 g/mol. The minimum Gasteiger partial charge on any atom is -0.355 e. The fraction of sp³-hybridized carbons (Fsp3) is 0.833. The van der Waals surface area contributed by atoms with E-state index in [9.17, 15) is 9.59 Å². The summed E-state index contributed by atoms with van der Waals surface area (Å²) in [6.45, 7) is 6.35. The van der Waals surface area contributed by atoms with Crippen LogP contribution in [-0.4, -0.2) is 48.9 Å². The molecule has 2 N–H and O–H groups in total. The number of nitrogens with zero attached hydrogens (tertiary/aromatic N) is 1. The number of nitrogens with one attached hydrogen (secondary N) is 2. The Morgan fingerprint density at radius 3 is 2.88 bits per heavy atom. The number of hydrogen-bond donors (Lipinski definition) is 2. The van der Waals surface area contributed by atoms with Crippen molar-refractivity contribution in [2.45, 2.75) is 39.2 Å². The molecule has 0 aromatic heterocycles. The Morgan fingerprint density at radius 1 is 1.47 bits per heavy atom. The van der Waals surface area contributed by atoms with E-state index in [0.29, 0.717) is 13.1 Å². The Balaban J connectivity index is 2.41. The molecule has 5 heteroatoms. The van der Waals surface area contributed by atoms with Gasteiger partial charge in [0.2, 0.25) is 11.8 Å². The van der Waals surface area contributed by atoms with Crippen molar-refractivity contribution in [3.63, 3.8) is 0 Å². The van der Waals surface area contributed by atoms with Gasteiger partial charge in [-0.25, -0.2) is 0 Å². The molecule has 1 atom stereocenters. The minimum absolute atomic E-state index is 0.0580. The molecule has 1 unspecified atom stereocenters. The number of amides is 2. The summed E-state index contributed by atoms with van der Waals surface area (Å²) in [5.74, 6) is 0.00194. The van der Waals surface area contributed by atoms with Crippen molar-refractivity contribution >= 4 is 11.8 Å². The Labute approximate surface area is 103 Å². The molecular weight excluding hydrogens is 218 g/mol. The number of likely N-dealkylation sites (tertiary alicyclic amines) is 1. The van der Waals surface area contributed by atoms with Crippen LogP contribution in [0.3, 0.4) is 0 Å². The third-order valence-corrected chi connectivity index (χ3v) is 2.89. The zero-order valence-corrected chi connectivity index (χ0v) is 10.8. The van der Waals surface area contributed by atoms with Crippen molar-refractivity contribution in [3.05, 3.63) is 0 Å². The van der Waals surface area contributed by atoms with Crippen molar-refractivity contribution in [3.8, 4) is 0 Å². The average molecular weight is 241 g/mol. The van der Waals surface area contributed by atoms with E-state index in [-0.39, 0.29) is 24.4 Å². The van der Waals surface area contributed by atoms with Crippen molar-refractivity contribution in [2.24, 2.45) is 0 Å². The van der Waals surface area contributed by atoms with Gasteiger partial charge < -0.3 is 15.5 Å². The van der Waals surface area contributed by atoms with Crippen LogP contribution in [0.25, 0.3) is 0 Å². The van der Waals surface area contributed by atoms with E-state index in [2.05, 4.69) is 10.6 Å². The maximum Gasteiger partial charge on any atom is 0.240 e. The highest BCUT2D eigenvalue weighted by molar-refractivity contribution is 5.88. The van der Waals surface area contributed by atoms with E-state index >= 15 is 0 Å². The highest BCUT2D eigenvalue weighted by Gasteiger charge is 2.28. The number of likely N-dealkylation sites (N-methyl/N-ethyl adjacent to an activating group) is 1. The van der Waals surface area contributed by atoms with Crippen LogP contribution in [0.5, 0.6) is 0 Å². The number of hydrogen-bond acceptors (Lipinski definition) is 3. The fourth-order valence-corrected chi connectivity index (χ4v) is 2.03. The summed E-state index contributed by atoms with van der Waals surface area (Å²) in [7, 11) is 0. The van der Waals surface area contributed by atoms with E-state index in [4.69, 9.17) is 0 Å². The maximum atomic E-state index is 12.0. The molecule has 0 aliphatic carbocycles. The predicted octanol–water partition coefficient (Wildman–Crippen LogP) is 0.113.